The summed E-state index contributed by atoms with van der Waals surface area (Å²) in [5.74, 6) is 0.401. The van der Waals surface area contributed by atoms with Gasteiger partial charge in [-0.2, -0.15) is 9.98 Å². The number of hydrogen-bond acceptors (Lipinski definition) is 4. The van der Waals surface area contributed by atoms with Gasteiger partial charge in [0.2, 0.25) is 0 Å². The smallest absolute Gasteiger partial charge is 0.260 e. The SMILES string of the molecule is CC(C)Cn1cnc(S(=O)(=O)NC(C)(C)C#N)c1. The fraction of sp³-hybridized carbons (Fsp3) is 0.636. The van der Waals surface area contributed by atoms with Crippen LogP contribution in [0.15, 0.2) is 17.6 Å². The summed E-state index contributed by atoms with van der Waals surface area (Å²) in [5, 5.41) is 8.76. The second kappa shape index (κ2) is 5.08. The lowest BCUT2D eigenvalue weighted by molar-refractivity contribution is 0.519. The Bertz CT molecular complexity index is 552. The highest BCUT2D eigenvalue weighted by molar-refractivity contribution is 7.89. The van der Waals surface area contributed by atoms with Crippen LogP contribution in [0.5, 0.6) is 0 Å². The lowest BCUT2D eigenvalue weighted by atomic mass is 10.1. The zero-order valence-corrected chi connectivity index (χ0v) is 11.8. The molecular weight excluding hydrogens is 252 g/mol. The monoisotopic (exact) mass is 270 g/mol. The highest BCUT2D eigenvalue weighted by Gasteiger charge is 2.27. The molecule has 0 amide bonds. The van der Waals surface area contributed by atoms with Crippen molar-refractivity contribution in [2.24, 2.45) is 5.92 Å². The first-order chi connectivity index (χ1) is 8.16. The van der Waals surface area contributed by atoms with Crippen molar-refractivity contribution >= 4 is 10.0 Å². The van der Waals surface area contributed by atoms with Crippen LogP contribution in [0.1, 0.15) is 27.7 Å². The van der Waals surface area contributed by atoms with Crippen LogP contribution in [0.3, 0.4) is 0 Å². The summed E-state index contributed by atoms with van der Waals surface area (Å²) < 4.78 is 28.0. The molecule has 7 heteroatoms. The first kappa shape index (κ1) is 14.7. The van der Waals surface area contributed by atoms with E-state index in [0.717, 1.165) is 0 Å². The fourth-order valence-electron chi connectivity index (χ4n) is 1.41. The number of sulfonamides is 1. The van der Waals surface area contributed by atoms with Gasteiger partial charge in [-0.3, -0.25) is 0 Å². The molecule has 1 N–H and O–H groups in total. The third-order valence-corrected chi connectivity index (χ3v) is 3.67. The van der Waals surface area contributed by atoms with E-state index >= 15 is 0 Å². The Kier molecular flexibility index (Phi) is 4.14. The summed E-state index contributed by atoms with van der Waals surface area (Å²) in [6.07, 6.45) is 2.95. The predicted molar refractivity (Wildman–Crippen MR) is 67.1 cm³/mol. The second-order valence-corrected chi connectivity index (χ2v) is 6.77. The minimum atomic E-state index is -3.75. The van der Waals surface area contributed by atoms with Crippen molar-refractivity contribution in [2.75, 3.05) is 0 Å². The molecule has 1 aromatic rings. The zero-order chi connectivity index (χ0) is 14.0. The van der Waals surface area contributed by atoms with Crippen LogP contribution in [0.4, 0.5) is 0 Å². The van der Waals surface area contributed by atoms with E-state index < -0.39 is 15.6 Å². The van der Waals surface area contributed by atoms with Gasteiger partial charge in [-0.1, -0.05) is 13.8 Å². The molecule has 1 heterocycles. The number of nitriles is 1. The number of hydrogen-bond donors (Lipinski definition) is 1. The second-order valence-electron chi connectivity index (χ2n) is 5.14. The van der Waals surface area contributed by atoms with E-state index in [1.807, 2.05) is 19.9 Å². The van der Waals surface area contributed by atoms with Crippen molar-refractivity contribution in [2.45, 2.75) is 44.8 Å². The first-order valence-electron chi connectivity index (χ1n) is 5.63. The van der Waals surface area contributed by atoms with E-state index in [1.54, 1.807) is 4.57 Å². The minimum Gasteiger partial charge on any atom is -0.336 e. The molecule has 100 valence electrons. The van der Waals surface area contributed by atoms with Crippen molar-refractivity contribution in [3.05, 3.63) is 12.5 Å². The van der Waals surface area contributed by atoms with Crippen LogP contribution >= 0.6 is 0 Å². The van der Waals surface area contributed by atoms with E-state index in [2.05, 4.69) is 9.71 Å². The van der Waals surface area contributed by atoms with Crippen LogP contribution < -0.4 is 4.72 Å². The van der Waals surface area contributed by atoms with Crippen LogP contribution in [-0.2, 0) is 16.6 Å². The summed E-state index contributed by atoms with van der Waals surface area (Å²) in [4.78, 5) is 3.86. The number of nitrogens with one attached hydrogen (secondary N) is 1. The van der Waals surface area contributed by atoms with Gasteiger partial charge >= 0.3 is 0 Å². The Morgan fingerprint density at radius 1 is 1.56 bits per heavy atom. The normalized spacial score (nSPS) is 12.7. The maximum Gasteiger partial charge on any atom is 0.260 e. The van der Waals surface area contributed by atoms with Crippen molar-refractivity contribution in [1.82, 2.24) is 14.3 Å². The molecule has 0 bridgehead atoms. The number of imidazole rings is 1. The van der Waals surface area contributed by atoms with Gasteiger partial charge in [-0.15, -0.1) is 0 Å². The molecule has 18 heavy (non-hydrogen) atoms. The van der Waals surface area contributed by atoms with Crippen LogP contribution in [0, 0.1) is 17.2 Å². The third-order valence-electron chi connectivity index (χ3n) is 2.13. The van der Waals surface area contributed by atoms with Gasteiger partial charge in [0.25, 0.3) is 10.0 Å². The maximum atomic E-state index is 12.0. The van der Waals surface area contributed by atoms with Gasteiger partial charge in [0, 0.05) is 12.7 Å². The maximum absolute atomic E-state index is 12.0. The lowest BCUT2D eigenvalue weighted by Gasteiger charge is -2.16. The van der Waals surface area contributed by atoms with Crippen molar-refractivity contribution in [3.63, 3.8) is 0 Å². The third kappa shape index (κ3) is 3.82. The van der Waals surface area contributed by atoms with Crippen LogP contribution in [-0.4, -0.2) is 23.5 Å². The molecule has 0 aliphatic rings. The Hall–Kier alpha value is -1.39. The van der Waals surface area contributed by atoms with Gasteiger partial charge in [-0.05, 0) is 19.8 Å². The van der Waals surface area contributed by atoms with E-state index in [9.17, 15) is 8.42 Å². The summed E-state index contributed by atoms with van der Waals surface area (Å²) in [6.45, 7) is 7.76. The van der Waals surface area contributed by atoms with E-state index in [-0.39, 0.29) is 5.03 Å². The molecule has 0 unspecified atom stereocenters. The van der Waals surface area contributed by atoms with E-state index in [1.165, 1.54) is 26.4 Å². The Balaban J connectivity index is 2.94. The minimum absolute atomic E-state index is 0.0634. The molecule has 0 atom stereocenters. The molecule has 0 saturated carbocycles. The van der Waals surface area contributed by atoms with Gasteiger partial charge in [0.05, 0.1) is 12.4 Å². The summed E-state index contributed by atoms with van der Waals surface area (Å²) in [5.41, 5.74) is -1.15. The molecule has 0 aliphatic carbocycles. The number of aromatic nitrogens is 2. The molecule has 0 aliphatic heterocycles. The molecule has 6 nitrogen and oxygen atoms in total. The summed E-state index contributed by atoms with van der Waals surface area (Å²) >= 11 is 0. The van der Waals surface area contributed by atoms with Crippen LogP contribution in [0.2, 0.25) is 0 Å². The molecule has 0 spiro atoms. The van der Waals surface area contributed by atoms with Gasteiger partial charge in [0.15, 0.2) is 5.03 Å². The van der Waals surface area contributed by atoms with Crippen molar-refractivity contribution in [1.29, 1.82) is 5.26 Å². The largest absolute Gasteiger partial charge is 0.336 e. The highest BCUT2D eigenvalue weighted by Crippen LogP contribution is 2.11. The molecule has 0 radical (unpaired) electrons. The average Bonchev–Trinajstić information content (AvgIpc) is 2.64. The van der Waals surface area contributed by atoms with Crippen molar-refractivity contribution < 1.29 is 8.42 Å². The summed E-state index contributed by atoms with van der Waals surface area (Å²) in [7, 11) is -3.75. The molecule has 0 saturated heterocycles. The standard InChI is InChI=1S/C11H18N4O2S/c1-9(2)5-15-6-10(13-8-15)18(16,17)14-11(3,4)7-12/h6,8-9,14H,5H2,1-4H3. The molecule has 0 fully saturated rings. The Morgan fingerprint density at radius 3 is 2.67 bits per heavy atom. The van der Waals surface area contributed by atoms with E-state index in [4.69, 9.17) is 5.26 Å². The Labute approximate surface area is 108 Å². The topological polar surface area (TPSA) is 87.8 Å². The average molecular weight is 270 g/mol. The number of nitrogens with zero attached hydrogens (tertiary/aromatic N) is 3. The molecule has 0 aromatic carbocycles. The van der Waals surface area contributed by atoms with E-state index in [0.29, 0.717) is 12.5 Å². The fourth-order valence-corrected chi connectivity index (χ4v) is 2.69. The molecular formula is C11H18N4O2S. The van der Waals surface area contributed by atoms with Gasteiger partial charge in [0.1, 0.15) is 5.54 Å². The predicted octanol–water partition coefficient (Wildman–Crippen LogP) is 1.12. The first-order valence-corrected chi connectivity index (χ1v) is 7.11. The summed E-state index contributed by atoms with van der Waals surface area (Å²) in [6, 6.07) is 1.88. The van der Waals surface area contributed by atoms with Crippen LogP contribution in [0.25, 0.3) is 0 Å². The quantitative estimate of drug-likeness (QED) is 0.868. The Morgan fingerprint density at radius 2 is 2.17 bits per heavy atom. The molecule has 1 aromatic heterocycles. The van der Waals surface area contributed by atoms with Gasteiger partial charge in [-0.25, -0.2) is 13.4 Å². The zero-order valence-electron chi connectivity index (χ0n) is 11.0. The molecule has 1 rings (SSSR count). The van der Waals surface area contributed by atoms with Crippen molar-refractivity contribution in [3.8, 4) is 6.07 Å². The number of rotatable bonds is 5. The van der Waals surface area contributed by atoms with Gasteiger partial charge < -0.3 is 4.57 Å². The lowest BCUT2D eigenvalue weighted by Crippen LogP contribution is -2.42. The highest BCUT2D eigenvalue weighted by atomic mass is 32.2.